The zero-order chi connectivity index (χ0) is 18.5. The van der Waals surface area contributed by atoms with Crippen molar-refractivity contribution in [1.82, 2.24) is 10.0 Å². The molecule has 0 spiro atoms. The molecule has 2 aromatic rings. The van der Waals surface area contributed by atoms with Crippen LogP contribution in [0, 0.1) is 0 Å². The Hall–Kier alpha value is -1.88. The number of amides is 1. The van der Waals surface area contributed by atoms with Crippen molar-refractivity contribution in [2.45, 2.75) is 17.4 Å². The first kappa shape index (κ1) is 19.4. The summed E-state index contributed by atoms with van der Waals surface area (Å²) in [4.78, 5) is 12.6. The second-order valence-electron chi connectivity index (χ2n) is 5.17. The summed E-state index contributed by atoms with van der Waals surface area (Å²) in [6.45, 7) is -1.69. The Labute approximate surface area is 148 Å². The molecule has 1 aromatic carbocycles. The maximum Gasteiger partial charge on any atom is 0.277 e. The normalized spacial score (nSPS) is 12.1. The average Bonchev–Trinajstić information content (AvgIpc) is 3.12. The van der Waals surface area contributed by atoms with Crippen LogP contribution in [-0.4, -0.2) is 33.3 Å². The topological polar surface area (TPSA) is 101 Å². The van der Waals surface area contributed by atoms with Gasteiger partial charge in [-0.05, 0) is 29.6 Å². The van der Waals surface area contributed by atoms with Gasteiger partial charge in [0.1, 0.15) is 0 Å². The molecule has 0 atom stereocenters. The minimum atomic E-state index is -3.83. The molecular weight excluding hydrogens is 372 g/mol. The lowest BCUT2D eigenvalue weighted by atomic mass is 10.2. The Morgan fingerprint density at radius 3 is 2.64 bits per heavy atom. The number of halogens is 2. The third kappa shape index (κ3) is 5.56. The van der Waals surface area contributed by atoms with Gasteiger partial charge in [-0.25, -0.2) is 21.9 Å². The van der Waals surface area contributed by atoms with E-state index in [0.717, 1.165) is 10.9 Å². The second-order valence-corrected chi connectivity index (χ2v) is 7.97. The Bertz CT molecular complexity index is 824. The summed E-state index contributed by atoms with van der Waals surface area (Å²) in [5.41, 5.74) is 4.86. The molecule has 6 nitrogen and oxygen atoms in total. The summed E-state index contributed by atoms with van der Waals surface area (Å²) in [7, 11) is -3.83. The monoisotopic (exact) mass is 389 g/mol. The van der Waals surface area contributed by atoms with Gasteiger partial charge in [-0.3, -0.25) is 4.79 Å². The average molecular weight is 389 g/mol. The number of sulfonamides is 1. The van der Waals surface area contributed by atoms with Gasteiger partial charge in [-0.1, -0.05) is 12.1 Å². The van der Waals surface area contributed by atoms with Crippen molar-refractivity contribution in [2.75, 3.05) is 13.1 Å². The smallest absolute Gasteiger partial charge is 0.277 e. The molecule has 1 heterocycles. The van der Waals surface area contributed by atoms with E-state index in [1.54, 1.807) is 12.1 Å². The molecular formula is C15H17F2N3O3S2. The van der Waals surface area contributed by atoms with Crippen molar-refractivity contribution in [2.24, 2.45) is 5.73 Å². The summed E-state index contributed by atoms with van der Waals surface area (Å²) < 4.78 is 53.2. The Balaban J connectivity index is 2.07. The number of nitrogens with one attached hydrogen (secondary N) is 2. The molecule has 0 aliphatic rings. The van der Waals surface area contributed by atoms with E-state index in [0.29, 0.717) is 0 Å². The van der Waals surface area contributed by atoms with Crippen molar-refractivity contribution in [3.8, 4) is 0 Å². The fourth-order valence-corrected chi connectivity index (χ4v) is 3.64. The largest absolute Gasteiger partial charge is 0.346 e. The Morgan fingerprint density at radius 2 is 2.00 bits per heavy atom. The summed E-state index contributed by atoms with van der Waals surface area (Å²) >= 11 is 1.41. The molecule has 10 heteroatoms. The predicted molar refractivity (Wildman–Crippen MR) is 91.1 cm³/mol. The van der Waals surface area contributed by atoms with Crippen molar-refractivity contribution in [3.05, 3.63) is 52.2 Å². The van der Waals surface area contributed by atoms with E-state index in [4.69, 9.17) is 5.73 Å². The van der Waals surface area contributed by atoms with Crippen LogP contribution >= 0.6 is 11.3 Å². The molecule has 0 radical (unpaired) electrons. The van der Waals surface area contributed by atoms with Gasteiger partial charge >= 0.3 is 0 Å². The number of benzene rings is 1. The quantitative estimate of drug-likeness (QED) is 0.638. The van der Waals surface area contributed by atoms with Gasteiger partial charge in [0.25, 0.3) is 11.8 Å². The molecule has 25 heavy (non-hydrogen) atoms. The fourth-order valence-electron chi connectivity index (χ4n) is 1.85. The number of carbonyl (C=O) groups excluding carboxylic acids is 1. The molecule has 0 bridgehead atoms. The second kappa shape index (κ2) is 8.00. The first-order chi connectivity index (χ1) is 11.7. The number of carbonyl (C=O) groups is 1. The van der Waals surface area contributed by atoms with E-state index in [1.165, 1.54) is 29.5 Å². The fraction of sp³-hybridized carbons (Fsp3) is 0.267. The van der Waals surface area contributed by atoms with Gasteiger partial charge in [-0.2, -0.15) is 0 Å². The van der Waals surface area contributed by atoms with E-state index >= 15 is 0 Å². The van der Waals surface area contributed by atoms with Gasteiger partial charge in [-0.15, -0.1) is 11.3 Å². The highest BCUT2D eigenvalue weighted by atomic mass is 32.2. The highest BCUT2D eigenvalue weighted by Crippen LogP contribution is 2.15. The number of hydrogen-bond acceptors (Lipinski definition) is 5. The molecule has 136 valence electrons. The summed E-state index contributed by atoms with van der Waals surface area (Å²) in [5.74, 6) is -4.02. The molecule has 0 aliphatic heterocycles. The Morgan fingerprint density at radius 1 is 1.24 bits per heavy atom. The van der Waals surface area contributed by atoms with Gasteiger partial charge in [0.05, 0.1) is 18.0 Å². The number of thiophene rings is 1. The molecule has 0 fully saturated rings. The molecule has 0 unspecified atom stereocenters. The van der Waals surface area contributed by atoms with Gasteiger partial charge in [0.15, 0.2) is 0 Å². The van der Waals surface area contributed by atoms with Crippen LogP contribution in [0.5, 0.6) is 0 Å². The minimum Gasteiger partial charge on any atom is -0.346 e. The van der Waals surface area contributed by atoms with Gasteiger partial charge in [0.2, 0.25) is 10.0 Å². The zero-order valence-electron chi connectivity index (χ0n) is 13.0. The highest BCUT2D eigenvalue weighted by molar-refractivity contribution is 7.89. The molecule has 4 N–H and O–H groups in total. The molecule has 2 rings (SSSR count). The zero-order valence-corrected chi connectivity index (χ0v) is 14.7. The van der Waals surface area contributed by atoms with E-state index in [2.05, 4.69) is 4.72 Å². The lowest BCUT2D eigenvalue weighted by Gasteiger charge is -2.14. The highest BCUT2D eigenvalue weighted by Gasteiger charge is 2.27. The van der Waals surface area contributed by atoms with Crippen LogP contribution < -0.4 is 15.8 Å². The van der Waals surface area contributed by atoms with Crippen molar-refractivity contribution < 1.29 is 22.0 Å². The third-order valence-corrected chi connectivity index (χ3v) is 5.50. The van der Waals surface area contributed by atoms with Crippen LogP contribution in [0.25, 0.3) is 0 Å². The lowest BCUT2D eigenvalue weighted by molar-refractivity contribution is 0.0118. The summed E-state index contributed by atoms with van der Waals surface area (Å²) in [5, 5.41) is 3.87. The van der Waals surface area contributed by atoms with E-state index in [9.17, 15) is 22.0 Å². The van der Waals surface area contributed by atoms with E-state index in [-0.39, 0.29) is 17.0 Å². The SMILES string of the molecule is NCC(F)(F)CNC(=O)c1cccc(S(=O)(=O)NCc2cccs2)c1. The molecule has 0 saturated carbocycles. The Kier molecular flexibility index (Phi) is 6.22. The maximum atomic E-state index is 13.1. The number of hydrogen-bond donors (Lipinski definition) is 3. The van der Waals surface area contributed by atoms with Crippen LogP contribution in [0.3, 0.4) is 0 Å². The van der Waals surface area contributed by atoms with Crippen LogP contribution in [0.1, 0.15) is 15.2 Å². The van der Waals surface area contributed by atoms with Crippen LogP contribution in [-0.2, 0) is 16.6 Å². The van der Waals surface area contributed by atoms with Crippen molar-refractivity contribution in [3.63, 3.8) is 0 Å². The van der Waals surface area contributed by atoms with Crippen molar-refractivity contribution >= 4 is 27.3 Å². The van der Waals surface area contributed by atoms with E-state index < -0.39 is 34.9 Å². The van der Waals surface area contributed by atoms with Crippen LogP contribution in [0.2, 0.25) is 0 Å². The predicted octanol–water partition coefficient (Wildman–Crippen LogP) is 1.55. The summed E-state index contributed by atoms with van der Waals surface area (Å²) in [6, 6.07) is 8.75. The lowest BCUT2D eigenvalue weighted by Crippen LogP contribution is -2.41. The standard InChI is InChI=1S/C15H17F2N3O3S2/c16-15(17,9-18)10-19-14(21)11-3-1-5-13(7-11)25(22,23)20-8-12-4-2-6-24-12/h1-7,20H,8-10,18H2,(H,19,21). The third-order valence-electron chi connectivity index (χ3n) is 3.23. The molecule has 0 saturated heterocycles. The molecule has 1 aromatic heterocycles. The maximum absolute atomic E-state index is 13.1. The van der Waals surface area contributed by atoms with E-state index in [1.807, 2.05) is 10.7 Å². The van der Waals surface area contributed by atoms with Gasteiger partial charge in [0, 0.05) is 17.0 Å². The number of nitrogens with two attached hydrogens (primary N) is 1. The number of alkyl halides is 2. The first-order valence-electron chi connectivity index (χ1n) is 7.22. The van der Waals surface area contributed by atoms with Crippen molar-refractivity contribution in [1.29, 1.82) is 0 Å². The first-order valence-corrected chi connectivity index (χ1v) is 9.58. The number of rotatable bonds is 8. The van der Waals surface area contributed by atoms with Gasteiger partial charge < -0.3 is 11.1 Å². The van der Waals surface area contributed by atoms with Crippen LogP contribution in [0.15, 0.2) is 46.7 Å². The molecule has 0 aliphatic carbocycles. The minimum absolute atomic E-state index is 0.0354. The molecule has 1 amide bonds. The summed E-state index contributed by atoms with van der Waals surface area (Å²) in [6.07, 6.45) is 0. The van der Waals surface area contributed by atoms with Crippen LogP contribution in [0.4, 0.5) is 8.78 Å².